The van der Waals surface area contributed by atoms with Gasteiger partial charge in [0.2, 0.25) is 5.89 Å². The molecule has 1 aliphatic heterocycles. The van der Waals surface area contributed by atoms with Crippen LogP contribution in [0.3, 0.4) is 0 Å². The van der Waals surface area contributed by atoms with Crippen molar-refractivity contribution in [1.82, 2.24) is 15.0 Å². The number of hydrogen-bond acceptors (Lipinski definition) is 6. The van der Waals surface area contributed by atoms with Crippen LogP contribution in [-0.4, -0.2) is 40.7 Å². The van der Waals surface area contributed by atoms with Crippen LogP contribution < -0.4 is 0 Å². The first-order chi connectivity index (χ1) is 8.78. The van der Waals surface area contributed by atoms with Crippen LogP contribution in [0.2, 0.25) is 0 Å². The molecule has 1 aromatic heterocycles. The zero-order valence-corrected chi connectivity index (χ0v) is 10.5. The monoisotopic (exact) mass is 251 g/mol. The lowest BCUT2D eigenvalue weighted by molar-refractivity contribution is -0.146. The Morgan fingerprint density at radius 1 is 1.50 bits per heavy atom. The lowest BCUT2D eigenvalue weighted by atomic mass is 10.2. The van der Waals surface area contributed by atoms with Gasteiger partial charge in [0.1, 0.15) is 6.04 Å². The lowest BCUT2D eigenvalue weighted by Gasteiger charge is -2.19. The number of rotatable bonds is 4. The standard InChI is InChI=1S/C12H17N3O3/c1-17-12(16)9-3-2-6-15(9)7-10-13-11(14-18-10)8-4-5-8/h8-9H,2-7H2,1H3. The Kier molecular flexibility index (Phi) is 3.03. The number of hydrogen-bond donors (Lipinski definition) is 0. The molecule has 0 aromatic carbocycles. The van der Waals surface area contributed by atoms with Gasteiger partial charge in [-0.2, -0.15) is 4.98 Å². The van der Waals surface area contributed by atoms with Gasteiger partial charge in [-0.1, -0.05) is 5.16 Å². The van der Waals surface area contributed by atoms with Crippen molar-refractivity contribution >= 4 is 5.97 Å². The van der Waals surface area contributed by atoms with E-state index in [1.165, 1.54) is 7.11 Å². The first-order valence-electron chi connectivity index (χ1n) is 6.42. The van der Waals surface area contributed by atoms with Crippen LogP contribution >= 0.6 is 0 Å². The van der Waals surface area contributed by atoms with Crippen LogP contribution in [0.4, 0.5) is 0 Å². The van der Waals surface area contributed by atoms with E-state index in [1.807, 2.05) is 0 Å². The number of carbonyl (C=O) groups is 1. The second-order valence-electron chi connectivity index (χ2n) is 4.97. The fraction of sp³-hybridized carbons (Fsp3) is 0.750. The number of aromatic nitrogens is 2. The third-order valence-corrected chi connectivity index (χ3v) is 3.60. The number of ether oxygens (including phenoxy) is 1. The highest BCUT2D eigenvalue weighted by Gasteiger charge is 2.33. The number of methoxy groups -OCH3 is 1. The average Bonchev–Trinajstić information content (AvgIpc) is 2.96. The van der Waals surface area contributed by atoms with E-state index in [4.69, 9.17) is 9.26 Å². The quantitative estimate of drug-likeness (QED) is 0.746. The molecule has 3 rings (SSSR count). The summed E-state index contributed by atoms with van der Waals surface area (Å²) in [7, 11) is 1.43. The summed E-state index contributed by atoms with van der Waals surface area (Å²) in [6.45, 7) is 1.42. The lowest BCUT2D eigenvalue weighted by Crippen LogP contribution is -2.36. The Balaban J connectivity index is 1.65. The van der Waals surface area contributed by atoms with Crippen LogP contribution in [-0.2, 0) is 16.1 Å². The fourth-order valence-electron chi connectivity index (χ4n) is 2.43. The normalized spacial score (nSPS) is 24.4. The van der Waals surface area contributed by atoms with Crippen molar-refractivity contribution in [1.29, 1.82) is 0 Å². The van der Waals surface area contributed by atoms with Gasteiger partial charge in [0.15, 0.2) is 5.82 Å². The maximum atomic E-state index is 11.6. The van der Waals surface area contributed by atoms with E-state index in [0.29, 0.717) is 18.4 Å². The van der Waals surface area contributed by atoms with E-state index in [-0.39, 0.29) is 12.0 Å². The van der Waals surface area contributed by atoms with Crippen LogP contribution in [0.15, 0.2) is 4.52 Å². The van der Waals surface area contributed by atoms with Gasteiger partial charge < -0.3 is 9.26 Å². The largest absolute Gasteiger partial charge is 0.468 e. The van der Waals surface area contributed by atoms with Crippen molar-refractivity contribution < 1.29 is 14.1 Å². The number of likely N-dealkylation sites (tertiary alicyclic amines) is 1. The molecule has 2 fully saturated rings. The molecular weight excluding hydrogens is 234 g/mol. The van der Waals surface area contributed by atoms with Crippen molar-refractivity contribution in [2.75, 3.05) is 13.7 Å². The molecule has 1 atom stereocenters. The topological polar surface area (TPSA) is 68.5 Å². The van der Waals surface area contributed by atoms with Crippen molar-refractivity contribution in [3.8, 4) is 0 Å². The molecular formula is C12H17N3O3. The highest BCUT2D eigenvalue weighted by atomic mass is 16.5. The van der Waals surface area contributed by atoms with Gasteiger partial charge in [-0.15, -0.1) is 0 Å². The highest BCUT2D eigenvalue weighted by molar-refractivity contribution is 5.75. The van der Waals surface area contributed by atoms with Crippen LogP contribution in [0.1, 0.15) is 43.3 Å². The average molecular weight is 251 g/mol. The third-order valence-electron chi connectivity index (χ3n) is 3.60. The molecule has 1 aromatic rings. The van der Waals surface area contributed by atoms with Crippen molar-refractivity contribution in [3.05, 3.63) is 11.7 Å². The minimum Gasteiger partial charge on any atom is -0.468 e. The van der Waals surface area contributed by atoms with E-state index in [0.717, 1.165) is 38.1 Å². The van der Waals surface area contributed by atoms with E-state index >= 15 is 0 Å². The van der Waals surface area contributed by atoms with E-state index in [2.05, 4.69) is 15.0 Å². The summed E-state index contributed by atoms with van der Waals surface area (Å²) in [6.07, 6.45) is 4.17. The van der Waals surface area contributed by atoms with E-state index in [1.54, 1.807) is 0 Å². The first kappa shape index (κ1) is 11.6. The van der Waals surface area contributed by atoms with E-state index in [9.17, 15) is 4.79 Å². The van der Waals surface area contributed by atoms with Crippen LogP contribution in [0, 0.1) is 0 Å². The first-order valence-corrected chi connectivity index (χ1v) is 6.42. The molecule has 1 saturated carbocycles. The highest BCUT2D eigenvalue weighted by Crippen LogP contribution is 2.38. The fourth-order valence-corrected chi connectivity index (χ4v) is 2.43. The number of carbonyl (C=O) groups excluding carboxylic acids is 1. The zero-order valence-electron chi connectivity index (χ0n) is 10.5. The summed E-state index contributed by atoms with van der Waals surface area (Å²) in [5, 5.41) is 3.98. The number of esters is 1. The zero-order chi connectivity index (χ0) is 12.5. The molecule has 98 valence electrons. The summed E-state index contributed by atoms with van der Waals surface area (Å²) in [4.78, 5) is 18.0. The summed E-state index contributed by atoms with van der Waals surface area (Å²) >= 11 is 0. The Hall–Kier alpha value is -1.43. The van der Waals surface area contributed by atoms with Gasteiger partial charge in [0.05, 0.1) is 13.7 Å². The summed E-state index contributed by atoms with van der Waals surface area (Å²) in [5.41, 5.74) is 0. The minimum atomic E-state index is -0.172. The molecule has 1 saturated heterocycles. The van der Waals surface area contributed by atoms with E-state index < -0.39 is 0 Å². The molecule has 2 heterocycles. The summed E-state index contributed by atoms with van der Waals surface area (Å²) in [5.74, 6) is 1.75. The molecule has 0 bridgehead atoms. The molecule has 1 aliphatic carbocycles. The van der Waals surface area contributed by atoms with Crippen LogP contribution in [0.5, 0.6) is 0 Å². The molecule has 0 N–H and O–H groups in total. The Morgan fingerprint density at radius 2 is 2.33 bits per heavy atom. The molecule has 6 heteroatoms. The van der Waals surface area contributed by atoms with Gasteiger partial charge in [-0.25, -0.2) is 0 Å². The SMILES string of the molecule is COC(=O)C1CCCN1Cc1nc(C2CC2)no1. The second-order valence-corrected chi connectivity index (χ2v) is 4.97. The molecule has 2 aliphatic rings. The molecule has 0 radical (unpaired) electrons. The molecule has 6 nitrogen and oxygen atoms in total. The second kappa shape index (κ2) is 4.68. The van der Waals surface area contributed by atoms with Gasteiger partial charge in [0, 0.05) is 5.92 Å². The predicted molar refractivity (Wildman–Crippen MR) is 61.7 cm³/mol. The summed E-state index contributed by atoms with van der Waals surface area (Å²) < 4.78 is 10.0. The molecule has 1 unspecified atom stereocenters. The van der Waals surface area contributed by atoms with Crippen molar-refractivity contribution in [2.45, 2.75) is 44.2 Å². The molecule has 0 amide bonds. The van der Waals surface area contributed by atoms with Crippen molar-refractivity contribution in [3.63, 3.8) is 0 Å². The van der Waals surface area contributed by atoms with Gasteiger partial charge >= 0.3 is 5.97 Å². The van der Waals surface area contributed by atoms with Crippen LogP contribution in [0.25, 0.3) is 0 Å². The Labute approximate surface area is 105 Å². The Morgan fingerprint density at radius 3 is 3.06 bits per heavy atom. The maximum absolute atomic E-state index is 11.6. The molecule has 18 heavy (non-hydrogen) atoms. The molecule has 0 spiro atoms. The number of nitrogens with zero attached hydrogens (tertiary/aromatic N) is 3. The Bertz CT molecular complexity index is 442. The van der Waals surface area contributed by atoms with Gasteiger partial charge in [-0.05, 0) is 32.2 Å². The summed E-state index contributed by atoms with van der Waals surface area (Å²) in [6, 6.07) is -0.161. The van der Waals surface area contributed by atoms with Gasteiger partial charge in [0.25, 0.3) is 0 Å². The smallest absolute Gasteiger partial charge is 0.323 e. The van der Waals surface area contributed by atoms with Crippen molar-refractivity contribution in [2.24, 2.45) is 0 Å². The minimum absolute atomic E-state index is 0.161. The van der Waals surface area contributed by atoms with Gasteiger partial charge in [-0.3, -0.25) is 9.69 Å². The maximum Gasteiger partial charge on any atom is 0.323 e. The predicted octanol–water partition coefficient (Wildman–Crippen LogP) is 1.08. The third kappa shape index (κ3) is 2.25.